The number of carbonyl (C=O) groups is 1. The molecule has 6 heteroatoms. The molecule has 0 aromatic carbocycles. The molecule has 0 aliphatic carbocycles. The highest BCUT2D eigenvalue weighted by Crippen LogP contribution is 2.22. The molecule has 1 aromatic heterocycles. The third kappa shape index (κ3) is 4.52. The molecule has 0 saturated carbocycles. The van der Waals surface area contributed by atoms with E-state index >= 15 is 0 Å². The van der Waals surface area contributed by atoms with Crippen LogP contribution in [0.3, 0.4) is 0 Å². The summed E-state index contributed by atoms with van der Waals surface area (Å²) in [5.74, 6) is -0.483. The predicted octanol–water partition coefficient (Wildman–Crippen LogP) is 2.03. The van der Waals surface area contributed by atoms with Crippen LogP contribution in [0.2, 0.25) is 0 Å². The van der Waals surface area contributed by atoms with Crippen molar-refractivity contribution < 1.29 is 9.90 Å². The Bertz CT molecular complexity index is 471. The second-order valence-electron chi connectivity index (χ2n) is 4.62. The first-order valence-corrected chi connectivity index (χ1v) is 6.82. The fraction of sp³-hybridized carbons (Fsp3) is 0.583. The van der Waals surface area contributed by atoms with Crippen molar-refractivity contribution in [3.05, 3.63) is 22.6 Å². The first kappa shape index (κ1) is 14.8. The highest BCUT2D eigenvalue weighted by molar-refractivity contribution is 7.99. The Morgan fingerprint density at radius 3 is 2.72 bits per heavy atom. The lowest BCUT2D eigenvalue weighted by atomic mass is 10.1. The van der Waals surface area contributed by atoms with Crippen LogP contribution < -0.4 is 5.56 Å². The summed E-state index contributed by atoms with van der Waals surface area (Å²) in [6, 6.07) is 1.59. The largest absolute Gasteiger partial charge is 0.481 e. The van der Waals surface area contributed by atoms with Gasteiger partial charge in [0.15, 0.2) is 5.16 Å². The van der Waals surface area contributed by atoms with Gasteiger partial charge < -0.3 is 9.67 Å². The maximum atomic E-state index is 11.2. The summed E-state index contributed by atoms with van der Waals surface area (Å²) in [7, 11) is 0. The number of thioether (sulfide) groups is 1. The number of hydrogen-bond donors (Lipinski definition) is 1. The van der Waals surface area contributed by atoms with E-state index in [1.807, 2.05) is 11.5 Å². The molecule has 0 aliphatic heterocycles. The van der Waals surface area contributed by atoms with Gasteiger partial charge in [0.05, 0.1) is 5.75 Å². The zero-order chi connectivity index (χ0) is 13.7. The average Bonchev–Trinajstić information content (AvgIpc) is 2.25. The Hall–Kier alpha value is -1.30. The summed E-state index contributed by atoms with van der Waals surface area (Å²) < 4.78 is 1.87. The van der Waals surface area contributed by atoms with Crippen LogP contribution in [0.25, 0.3) is 0 Å². The minimum atomic E-state index is -0.916. The fourth-order valence-electron chi connectivity index (χ4n) is 1.76. The number of aromatic nitrogens is 2. The Labute approximate surface area is 110 Å². The molecule has 5 nitrogen and oxygen atoms in total. The third-order valence-electron chi connectivity index (χ3n) is 2.42. The number of rotatable bonds is 6. The van der Waals surface area contributed by atoms with Gasteiger partial charge in [-0.1, -0.05) is 25.6 Å². The highest BCUT2D eigenvalue weighted by atomic mass is 32.2. The van der Waals surface area contributed by atoms with E-state index in [-0.39, 0.29) is 17.4 Å². The number of aliphatic carboxylic acids is 1. The summed E-state index contributed by atoms with van der Waals surface area (Å²) in [6.07, 6.45) is 2.64. The van der Waals surface area contributed by atoms with Gasteiger partial charge in [-0.3, -0.25) is 9.59 Å². The van der Waals surface area contributed by atoms with Crippen molar-refractivity contribution in [2.75, 3.05) is 5.75 Å². The molecular weight excluding hydrogens is 252 g/mol. The van der Waals surface area contributed by atoms with E-state index in [4.69, 9.17) is 5.11 Å². The van der Waals surface area contributed by atoms with Gasteiger partial charge >= 0.3 is 5.97 Å². The van der Waals surface area contributed by atoms with Crippen LogP contribution in [0.15, 0.2) is 22.2 Å². The second-order valence-corrected chi connectivity index (χ2v) is 5.56. The van der Waals surface area contributed by atoms with Crippen LogP contribution in [0.1, 0.15) is 33.2 Å². The van der Waals surface area contributed by atoms with Crippen molar-refractivity contribution in [1.29, 1.82) is 0 Å². The zero-order valence-corrected chi connectivity index (χ0v) is 11.6. The van der Waals surface area contributed by atoms with E-state index in [1.54, 1.807) is 6.20 Å². The Balaban J connectivity index is 2.95. The molecule has 100 valence electrons. The highest BCUT2D eigenvalue weighted by Gasteiger charge is 2.13. The van der Waals surface area contributed by atoms with Gasteiger partial charge in [0.1, 0.15) is 0 Å². The summed E-state index contributed by atoms with van der Waals surface area (Å²) >= 11 is 1.08. The van der Waals surface area contributed by atoms with E-state index < -0.39 is 5.97 Å². The lowest BCUT2D eigenvalue weighted by molar-refractivity contribution is -0.133. The molecule has 0 saturated heterocycles. The van der Waals surface area contributed by atoms with Gasteiger partial charge in [-0.2, -0.15) is 4.98 Å². The van der Waals surface area contributed by atoms with Gasteiger partial charge in [0.2, 0.25) is 0 Å². The normalized spacial score (nSPS) is 12.7. The van der Waals surface area contributed by atoms with Crippen LogP contribution in [0, 0.1) is 5.92 Å². The molecule has 0 amide bonds. The smallest absolute Gasteiger partial charge is 0.313 e. The van der Waals surface area contributed by atoms with Gasteiger partial charge in [-0.25, -0.2) is 0 Å². The minimum Gasteiger partial charge on any atom is -0.481 e. The molecule has 0 bridgehead atoms. The molecule has 1 atom stereocenters. The van der Waals surface area contributed by atoms with Crippen LogP contribution in [0.4, 0.5) is 0 Å². The zero-order valence-electron chi connectivity index (χ0n) is 10.8. The number of carboxylic acid groups (broad SMARTS) is 1. The summed E-state index contributed by atoms with van der Waals surface area (Å²) in [5, 5.41) is 9.15. The van der Waals surface area contributed by atoms with E-state index in [2.05, 4.69) is 18.8 Å². The molecular formula is C12H18N2O3S. The van der Waals surface area contributed by atoms with Crippen molar-refractivity contribution in [3.8, 4) is 0 Å². The maximum Gasteiger partial charge on any atom is 0.313 e. The lowest BCUT2D eigenvalue weighted by Crippen LogP contribution is -2.18. The lowest BCUT2D eigenvalue weighted by Gasteiger charge is -2.20. The van der Waals surface area contributed by atoms with E-state index in [0.717, 1.165) is 18.2 Å². The first-order chi connectivity index (χ1) is 8.40. The second kappa shape index (κ2) is 6.58. The van der Waals surface area contributed by atoms with Gasteiger partial charge in [0, 0.05) is 18.3 Å². The maximum absolute atomic E-state index is 11.2. The van der Waals surface area contributed by atoms with Crippen molar-refractivity contribution >= 4 is 17.7 Å². The average molecular weight is 270 g/mol. The van der Waals surface area contributed by atoms with Gasteiger partial charge in [-0.05, 0) is 19.3 Å². The van der Waals surface area contributed by atoms with Gasteiger partial charge in [-0.15, -0.1) is 0 Å². The van der Waals surface area contributed by atoms with E-state index in [9.17, 15) is 9.59 Å². The van der Waals surface area contributed by atoms with Gasteiger partial charge in [0.25, 0.3) is 5.56 Å². The summed E-state index contributed by atoms with van der Waals surface area (Å²) in [6.45, 7) is 6.28. The number of hydrogen-bond acceptors (Lipinski definition) is 4. The van der Waals surface area contributed by atoms with Crippen LogP contribution in [0.5, 0.6) is 0 Å². The van der Waals surface area contributed by atoms with Crippen molar-refractivity contribution in [1.82, 2.24) is 9.55 Å². The van der Waals surface area contributed by atoms with Crippen LogP contribution in [-0.4, -0.2) is 26.4 Å². The monoisotopic (exact) mass is 270 g/mol. The van der Waals surface area contributed by atoms with Crippen LogP contribution >= 0.6 is 11.8 Å². The molecule has 1 N–H and O–H groups in total. The standard InChI is InChI=1S/C12H18N2O3S/c1-8(2)6-9(3)14-5-4-10(15)13-12(14)18-7-11(16)17/h4-5,8-9H,6-7H2,1-3H3,(H,16,17). The topological polar surface area (TPSA) is 72.2 Å². The number of nitrogens with zero attached hydrogens (tertiary/aromatic N) is 2. The molecule has 0 spiro atoms. The van der Waals surface area contributed by atoms with Crippen molar-refractivity contribution in [2.24, 2.45) is 5.92 Å². The molecule has 0 radical (unpaired) electrons. The van der Waals surface area contributed by atoms with Crippen molar-refractivity contribution in [3.63, 3.8) is 0 Å². The van der Waals surface area contributed by atoms with Crippen molar-refractivity contribution in [2.45, 2.75) is 38.4 Å². The fourth-order valence-corrected chi connectivity index (χ4v) is 2.56. The summed E-state index contributed by atoms with van der Waals surface area (Å²) in [5.41, 5.74) is -0.337. The minimum absolute atomic E-state index is 0.0924. The molecule has 0 aliphatic rings. The molecule has 1 aromatic rings. The molecule has 1 unspecified atom stereocenters. The quantitative estimate of drug-likeness (QED) is 0.632. The molecule has 1 rings (SSSR count). The molecule has 0 fully saturated rings. The molecule has 18 heavy (non-hydrogen) atoms. The first-order valence-electron chi connectivity index (χ1n) is 5.84. The Morgan fingerprint density at radius 2 is 2.17 bits per heavy atom. The van der Waals surface area contributed by atoms with E-state index in [0.29, 0.717) is 11.1 Å². The number of carboxylic acids is 1. The Kier molecular flexibility index (Phi) is 5.40. The van der Waals surface area contributed by atoms with Crippen LogP contribution in [-0.2, 0) is 4.79 Å². The predicted molar refractivity (Wildman–Crippen MR) is 71.0 cm³/mol. The molecule has 1 heterocycles. The summed E-state index contributed by atoms with van der Waals surface area (Å²) in [4.78, 5) is 25.7. The Morgan fingerprint density at radius 1 is 1.50 bits per heavy atom. The third-order valence-corrected chi connectivity index (χ3v) is 3.37. The SMILES string of the molecule is CC(C)CC(C)n1ccc(=O)nc1SCC(=O)O. The van der Waals surface area contributed by atoms with E-state index in [1.165, 1.54) is 6.07 Å².